The fraction of sp³-hybridized carbons (Fsp3) is 0.154. The second-order valence-electron chi connectivity index (χ2n) is 4.00. The number of esters is 1. The summed E-state index contributed by atoms with van der Waals surface area (Å²) < 4.78 is 11.3. The number of furan rings is 1. The number of hydrogen-bond donors (Lipinski definition) is 1. The Morgan fingerprint density at radius 1 is 1.50 bits per heavy atom. The first kappa shape index (κ1) is 12.2. The molecule has 0 aliphatic rings. The van der Waals surface area contributed by atoms with Crippen molar-refractivity contribution in [2.24, 2.45) is 0 Å². The molecular formula is C13H11N3O4. The van der Waals surface area contributed by atoms with E-state index in [1.54, 1.807) is 25.1 Å². The van der Waals surface area contributed by atoms with E-state index < -0.39 is 5.97 Å². The molecule has 0 aliphatic heterocycles. The third-order valence-corrected chi connectivity index (χ3v) is 2.67. The van der Waals surface area contributed by atoms with Gasteiger partial charge in [0.15, 0.2) is 17.1 Å². The van der Waals surface area contributed by atoms with Crippen LogP contribution in [0.25, 0.3) is 17.1 Å². The highest BCUT2D eigenvalue weighted by Crippen LogP contribution is 2.22. The predicted molar refractivity (Wildman–Crippen MR) is 68.3 cm³/mol. The minimum Gasteiger partial charge on any atom is -0.493 e. The maximum absolute atomic E-state index is 11.6. The standard InChI is InChI=1S/C13H11N3O4/c1-2-19-13(18)9-7-12(17)16-11(14-9)6-8(15-16)10-4-3-5-20-10/h3-7,17H,2H2,1H3. The summed E-state index contributed by atoms with van der Waals surface area (Å²) in [6.07, 6.45) is 1.52. The first-order chi connectivity index (χ1) is 9.69. The molecule has 3 aromatic rings. The van der Waals surface area contributed by atoms with E-state index in [1.807, 2.05) is 0 Å². The van der Waals surface area contributed by atoms with Crippen molar-refractivity contribution in [1.82, 2.24) is 14.6 Å². The van der Waals surface area contributed by atoms with Crippen molar-refractivity contribution in [2.75, 3.05) is 6.61 Å². The topological polar surface area (TPSA) is 89.9 Å². The van der Waals surface area contributed by atoms with Crippen LogP contribution in [0.4, 0.5) is 0 Å². The molecule has 0 atom stereocenters. The number of aromatic hydroxyl groups is 1. The fourth-order valence-corrected chi connectivity index (χ4v) is 1.81. The summed E-state index contributed by atoms with van der Waals surface area (Å²) in [5.41, 5.74) is 0.876. The van der Waals surface area contributed by atoms with Gasteiger partial charge in [-0.15, -0.1) is 0 Å². The lowest BCUT2D eigenvalue weighted by molar-refractivity contribution is 0.0519. The highest BCUT2D eigenvalue weighted by atomic mass is 16.5. The second kappa shape index (κ2) is 4.69. The Balaban J connectivity index is 2.10. The number of hydrogen-bond acceptors (Lipinski definition) is 6. The first-order valence-corrected chi connectivity index (χ1v) is 6.00. The number of carbonyl (C=O) groups excluding carboxylic acids is 1. The van der Waals surface area contributed by atoms with E-state index in [1.165, 1.54) is 16.8 Å². The second-order valence-corrected chi connectivity index (χ2v) is 4.00. The lowest BCUT2D eigenvalue weighted by atomic mass is 10.3. The van der Waals surface area contributed by atoms with Gasteiger partial charge >= 0.3 is 5.97 Å². The average molecular weight is 273 g/mol. The van der Waals surface area contributed by atoms with E-state index in [9.17, 15) is 9.90 Å². The van der Waals surface area contributed by atoms with Gasteiger partial charge in [-0.05, 0) is 19.1 Å². The largest absolute Gasteiger partial charge is 0.493 e. The van der Waals surface area contributed by atoms with Crippen molar-refractivity contribution in [1.29, 1.82) is 0 Å². The molecule has 0 saturated heterocycles. The number of rotatable bonds is 3. The van der Waals surface area contributed by atoms with Crippen molar-refractivity contribution in [3.05, 3.63) is 36.2 Å². The van der Waals surface area contributed by atoms with Gasteiger partial charge in [-0.1, -0.05) is 0 Å². The van der Waals surface area contributed by atoms with Crippen LogP contribution in [-0.2, 0) is 4.74 Å². The van der Waals surface area contributed by atoms with Crippen LogP contribution in [0.2, 0.25) is 0 Å². The fourth-order valence-electron chi connectivity index (χ4n) is 1.81. The monoisotopic (exact) mass is 273 g/mol. The van der Waals surface area contributed by atoms with Crippen LogP contribution in [0.5, 0.6) is 5.88 Å². The molecule has 3 aromatic heterocycles. The van der Waals surface area contributed by atoms with Gasteiger partial charge in [0.05, 0.1) is 12.9 Å². The molecule has 0 bridgehead atoms. The third-order valence-electron chi connectivity index (χ3n) is 2.67. The quantitative estimate of drug-likeness (QED) is 0.733. The Kier molecular flexibility index (Phi) is 2.86. The Bertz CT molecular complexity index is 761. The van der Waals surface area contributed by atoms with E-state index >= 15 is 0 Å². The zero-order valence-electron chi connectivity index (χ0n) is 10.6. The van der Waals surface area contributed by atoms with Crippen molar-refractivity contribution in [3.8, 4) is 17.3 Å². The number of aromatic nitrogens is 3. The van der Waals surface area contributed by atoms with Crippen LogP contribution >= 0.6 is 0 Å². The molecule has 102 valence electrons. The number of fused-ring (bicyclic) bond motifs is 1. The maximum atomic E-state index is 11.6. The van der Waals surface area contributed by atoms with Gasteiger partial charge in [0.2, 0.25) is 5.88 Å². The van der Waals surface area contributed by atoms with Gasteiger partial charge in [-0.25, -0.2) is 9.78 Å². The van der Waals surface area contributed by atoms with Crippen molar-refractivity contribution < 1.29 is 19.1 Å². The van der Waals surface area contributed by atoms with Crippen LogP contribution in [0.15, 0.2) is 34.9 Å². The smallest absolute Gasteiger partial charge is 0.357 e. The summed E-state index contributed by atoms with van der Waals surface area (Å²) in [6, 6.07) is 6.30. The minimum absolute atomic E-state index is 0.0303. The molecular weight excluding hydrogens is 262 g/mol. The zero-order chi connectivity index (χ0) is 14.1. The molecule has 0 fully saturated rings. The molecule has 0 saturated carbocycles. The van der Waals surface area contributed by atoms with E-state index in [-0.39, 0.29) is 18.2 Å². The summed E-state index contributed by atoms with van der Waals surface area (Å²) in [6.45, 7) is 1.94. The highest BCUT2D eigenvalue weighted by Gasteiger charge is 2.15. The van der Waals surface area contributed by atoms with Gasteiger partial charge in [-0.3, -0.25) is 0 Å². The van der Waals surface area contributed by atoms with Crippen LogP contribution in [-0.4, -0.2) is 32.3 Å². The summed E-state index contributed by atoms with van der Waals surface area (Å²) in [7, 11) is 0. The van der Waals surface area contributed by atoms with Crippen molar-refractivity contribution in [3.63, 3.8) is 0 Å². The average Bonchev–Trinajstić information content (AvgIpc) is 3.07. The number of carbonyl (C=O) groups is 1. The van der Waals surface area contributed by atoms with E-state index in [0.717, 1.165) is 0 Å². The predicted octanol–water partition coefficient (Wildman–Crippen LogP) is 1.87. The zero-order valence-corrected chi connectivity index (χ0v) is 10.6. The Morgan fingerprint density at radius 3 is 3.05 bits per heavy atom. The first-order valence-electron chi connectivity index (χ1n) is 6.00. The molecule has 0 aliphatic carbocycles. The van der Waals surface area contributed by atoms with E-state index in [4.69, 9.17) is 9.15 Å². The van der Waals surface area contributed by atoms with Gasteiger partial charge in [-0.2, -0.15) is 9.61 Å². The number of ether oxygens (including phenoxy) is 1. The molecule has 0 radical (unpaired) electrons. The van der Waals surface area contributed by atoms with Gasteiger partial charge in [0.1, 0.15) is 5.69 Å². The molecule has 20 heavy (non-hydrogen) atoms. The normalized spacial score (nSPS) is 10.8. The Hall–Kier alpha value is -2.83. The Labute approximate surface area is 113 Å². The number of nitrogens with zero attached hydrogens (tertiary/aromatic N) is 3. The molecule has 3 heterocycles. The lowest BCUT2D eigenvalue weighted by Crippen LogP contribution is -2.08. The van der Waals surface area contributed by atoms with E-state index in [2.05, 4.69) is 10.1 Å². The molecule has 0 aromatic carbocycles. The highest BCUT2D eigenvalue weighted by molar-refractivity contribution is 5.88. The molecule has 0 spiro atoms. The summed E-state index contributed by atoms with van der Waals surface area (Å²) in [5.74, 6) is -0.241. The Morgan fingerprint density at radius 2 is 2.35 bits per heavy atom. The van der Waals surface area contributed by atoms with Gasteiger partial charge in [0, 0.05) is 12.1 Å². The van der Waals surface area contributed by atoms with Crippen molar-refractivity contribution in [2.45, 2.75) is 6.92 Å². The lowest BCUT2D eigenvalue weighted by Gasteiger charge is -2.02. The van der Waals surface area contributed by atoms with Crippen LogP contribution < -0.4 is 0 Å². The molecule has 0 unspecified atom stereocenters. The molecule has 0 amide bonds. The summed E-state index contributed by atoms with van der Waals surface area (Å²) >= 11 is 0. The summed E-state index contributed by atoms with van der Waals surface area (Å²) in [4.78, 5) is 15.7. The third kappa shape index (κ3) is 1.99. The van der Waals surface area contributed by atoms with Crippen LogP contribution in [0, 0.1) is 0 Å². The van der Waals surface area contributed by atoms with Gasteiger partial charge < -0.3 is 14.3 Å². The summed E-state index contributed by atoms with van der Waals surface area (Å²) in [5, 5.41) is 14.1. The molecule has 7 heteroatoms. The van der Waals surface area contributed by atoms with Crippen molar-refractivity contribution >= 4 is 11.6 Å². The van der Waals surface area contributed by atoms with E-state index in [0.29, 0.717) is 17.1 Å². The SMILES string of the molecule is CCOC(=O)c1cc(O)n2nc(-c3ccco3)cc2n1. The molecule has 3 rings (SSSR count). The minimum atomic E-state index is -0.592. The van der Waals surface area contributed by atoms with Crippen LogP contribution in [0.1, 0.15) is 17.4 Å². The molecule has 7 nitrogen and oxygen atoms in total. The van der Waals surface area contributed by atoms with Crippen LogP contribution in [0.3, 0.4) is 0 Å². The molecule has 1 N–H and O–H groups in total. The maximum Gasteiger partial charge on any atom is 0.357 e. The van der Waals surface area contributed by atoms with Gasteiger partial charge in [0.25, 0.3) is 0 Å².